The van der Waals surface area contributed by atoms with Gasteiger partial charge in [-0.05, 0) is 53.4 Å². The van der Waals surface area contributed by atoms with Crippen LogP contribution in [0.3, 0.4) is 0 Å². The summed E-state index contributed by atoms with van der Waals surface area (Å²) in [4.78, 5) is 39.6. The number of rotatable bonds is 6. The Morgan fingerprint density at radius 1 is 0.917 bits per heavy atom. The number of hydrogen-bond acceptors (Lipinski definition) is 4. The molecule has 182 valence electrons. The summed E-state index contributed by atoms with van der Waals surface area (Å²) < 4.78 is 4.94. The van der Waals surface area contributed by atoms with Crippen molar-refractivity contribution in [1.82, 2.24) is 4.90 Å². The zero-order valence-electron chi connectivity index (χ0n) is 20.3. The molecule has 0 fully saturated rings. The molecule has 0 aliphatic carbocycles. The second-order valence-corrected chi connectivity index (χ2v) is 8.48. The van der Waals surface area contributed by atoms with Gasteiger partial charge in [0.05, 0.1) is 7.11 Å². The number of amides is 2. The van der Waals surface area contributed by atoms with E-state index < -0.39 is 12.0 Å². The molecule has 0 saturated heterocycles. The van der Waals surface area contributed by atoms with Crippen molar-refractivity contribution in [1.29, 1.82) is 0 Å². The second kappa shape index (κ2) is 11.3. The lowest BCUT2D eigenvalue weighted by atomic mass is 9.93. The molecular formula is C30H28N2O4. The number of anilines is 1. The van der Waals surface area contributed by atoms with E-state index in [0.717, 1.165) is 22.3 Å². The number of methoxy groups -OCH3 is 1. The standard InChI is InChI=1S/C30H28N2O4/c1-3-4-6-11-28(33)32-20-25-18-26(17-16-24(25)19-27(32)30(35)36-2)31-29(34)23-14-12-22(13-15-23)21-9-7-5-8-10-21/h3-18,27H,19-20H2,1-2H3,(H,31,34)/b4-3+,11-6+/t27-/m0/s1. The molecule has 6 heteroatoms. The molecule has 0 unspecified atom stereocenters. The number of nitrogens with zero attached hydrogens (tertiary/aromatic N) is 1. The quantitative estimate of drug-likeness (QED) is 0.300. The van der Waals surface area contributed by atoms with Gasteiger partial charge in [0.2, 0.25) is 5.91 Å². The van der Waals surface area contributed by atoms with Gasteiger partial charge < -0.3 is 15.0 Å². The first-order chi connectivity index (χ1) is 17.5. The van der Waals surface area contributed by atoms with Crippen molar-refractivity contribution in [2.75, 3.05) is 12.4 Å². The zero-order valence-corrected chi connectivity index (χ0v) is 20.3. The number of benzene rings is 3. The molecule has 0 spiro atoms. The normalized spacial score (nSPS) is 15.1. The lowest BCUT2D eigenvalue weighted by molar-refractivity contribution is -0.152. The average Bonchev–Trinajstić information content (AvgIpc) is 2.92. The van der Waals surface area contributed by atoms with Crippen LogP contribution in [0.25, 0.3) is 11.1 Å². The van der Waals surface area contributed by atoms with Gasteiger partial charge in [0.1, 0.15) is 6.04 Å². The summed E-state index contributed by atoms with van der Waals surface area (Å²) in [5.41, 5.74) is 5.11. The highest BCUT2D eigenvalue weighted by molar-refractivity contribution is 6.04. The largest absolute Gasteiger partial charge is 0.467 e. The van der Waals surface area contributed by atoms with Gasteiger partial charge in [0.15, 0.2) is 0 Å². The minimum Gasteiger partial charge on any atom is -0.467 e. The number of nitrogens with one attached hydrogen (secondary N) is 1. The van der Waals surface area contributed by atoms with Crippen molar-refractivity contribution in [2.24, 2.45) is 0 Å². The maximum atomic E-state index is 12.9. The highest BCUT2D eigenvalue weighted by atomic mass is 16.5. The Labute approximate surface area is 210 Å². The molecule has 0 bridgehead atoms. The Balaban J connectivity index is 1.51. The van der Waals surface area contributed by atoms with Crippen LogP contribution in [-0.4, -0.2) is 35.8 Å². The highest BCUT2D eigenvalue weighted by Gasteiger charge is 2.34. The van der Waals surface area contributed by atoms with Crippen LogP contribution < -0.4 is 5.32 Å². The van der Waals surface area contributed by atoms with Crippen LogP contribution in [-0.2, 0) is 27.3 Å². The van der Waals surface area contributed by atoms with Crippen molar-refractivity contribution in [2.45, 2.75) is 25.9 Å². The van der Waals surface area contributed by atoms with Gasteiger partial charge in [0, 0.05) is 30.3 Å². The Kier molecular flexibility index (Phi) is 7.75. The molecular weight excluding hydrogens is 452 g/mol. The molecule has 2 amide bonds. The van der Waals surface area contributed by atoms with Gasteiger partial charge in [0.25, 0.3) is 5.91 Å². The maximum absolute atomic E-state index is 12.9. The summed E-state index contributed by atoms with van der Waals surface area (Å²) in [6.45, 7) is 2.10. The maximum Gasteiger partial charge on any atom is 0.328 e. The van der Waals surface area contributed by atoms with Gasteiger partial charge in [-0.3, -0.25) is 9.59 Å². The van der Waals surface area contributed by atoms with E-state index in [1.807, 2.05) is 73.7 Å². The molecule has 0 aromatic heterocycles. The van der Waals surface area contributed by atoms with E-state index in [2.05, 4.69) is 5.32 Å². The third kappa shape index (κ3) is 5.61. The van der Waals surface area contributed by atoms with Crippen molar-refractivity contribution >= 4 is 23.5 Å². The minimum atomic E-state index is -0.700. The van der Waals surface area contributed by atoms with Crippen molar-refractivity contribution in [3.05, 3.63) is 114 Å². The molecule has 1 atom stereocenters. The molecule has 1 aliphatic heterocycles. The summed E-state index contributed by atoms with van der Waals surface area (Å²) >= 11 is 0. The summed E-state index contributed by atoms with van der Waals surface area (Å²) in [5.74, 6) is -0.952. The topological polar surface area (TPSA) is 75.7 Å². The molecule has 3 aromatic rings. The van der Waals surface area contributed by atoms with Crippen LogP contribution in [0.2, 0.25) is 0 Å². The smallest absolute Gasteiger partial charge is 0.328 e. The van der Waals surface area contributed by atoms with E-state index in [0.29, 0.717) is 17.7 Å². The Hall–Kier alpha value is -4.45. The Morgan fingerprint density at radius 3 is 2.33 bits per heavy atom. The number of carbonyl (C=O) groups is 3. The molecule has 0 saturated carbocycles. The molecule has 1 heterocycles. The van der Waals surface area contributed by atoms with E-state index in [4.69, 9.17) is 4.74 Å². The van der Waals surface area contributed by atoms with Crippen LogP contribution in [0, 0.1) is 0 Å². The average molecular weight is 481 g/mol. The monoisotopic (exact) mass is 480 g/mol. The summed E-state index contributed by atoms with van der Waals surface area (Å²) in [6, 6.07) is 22.3. The molecule has 1 aliphatic rings. The first kappa shape index (κ1) is 24.7. The number of esters is 1. The zero-order chi connectivity index (χ0) is 25.5. The molecule has 6 nitrogen and oxygen atoms in total. The summed E-state index contributed by atoms with van der Waals surface area (Å²) in [7, 11) is 1.32. The molecule has 3 aromatic carbocycles. The van der Waals surface area contributed by atoms with Gasteiger partial charge in [-0.2, -0.15) is 0 Å². The lowest BCUT2D eigenvalue weighted by Gasteiger charge is -2.34. The molecule has 0 radical (unpaired) electrons. The molecule has 1 N–H and O–H groups in total. The van der Waals surface area contributed by atoms with Crippen molar-refractivity contribution in [3.8, 4) is 11.1 Å². The van der Waals surface area contributed by atoms with E-state index in [9.17, 15) is 14.4 Å². The molecule has 36 heavy (non-hydrogen) atoms. The van der Waals surface area contributed by atoms with Crippen molar-refractivity contribution in [3.63, 3.8) is 0 Å². The fourth-order valence-electron chi connectivity index (χ4n) is 4.23. The van der Waals surface area contributed by atoms with Gasteiger partial charge >= 0.3 is 5.97 Å². The van der Waals surface area contributed by atoms with Crippen LogP contribution in [0.15, 0.2) is 97.1 Å². The predicted molar refractivity (Wildman–Crippen MR) is 140 cm³/mol. The number of fused-ring (bicyclic) bond motifs is 1. The second-order valence-electron chi connectivity index (χ2n) is 8.48. The number of ether oxygens (including phenoxy) is 1. The van der Waals surface area contributed by atoms with Crippen LogP contribution >= 0.6 is 0 Å². The van der Waals surface area contributed by atoms with E-state index in [-0.39, 0.29) is 18.4 Å². The third-order valence-corrected chi connectivity index (χ3v) is 6.15. The van der Waals surface area contributed by atoms with Gasteiger partial charge in [-0.1, -0.05) is 66.8 Å². The van der Waals surface area contributed by atoms with E-state index in [1.54, 1.807) is 24.3 Å². The lowest BCUT2D eigenvalue weighted by Crippen LogP contribution is -2.48. The first-order valence-corrected chi connectivity index (χ1v) is 11.8. The first-order valence-electron chi connectivity index (χ1n) is 11.8. The number of hydrogen-bond donors (Lipinski definition) is 1. The van der Waals surface area contributed by atoms with Crippen LogP contribution in [0.4, 0.5) is 5.69 Å². The Bertz CT molecular complexity index is 1310. The van der Waals surface area contributed by atoms with Gasteiger partial charge in [-0.25, -0.2) is 4.79 Å². The van der Waals surface area contributed by atoms with E-state index in [1.165, 1.54) is 18.1 Å². The van der Waals surface area contributed by atoms with Crippen LogP contribution in [0.5, 0.6) is 0 Å². The fourth-order valence-corrected chi connectivity index (χ4v) is 4.23. The number of allylic oxidation sites excluding steroid dienone is 3. The van der Waals surface area contributed by atoms with Crippen LogP contribution in [0.1, 0.15) is 28.4 Å². The molecule has 4 rings (SSSR count). The highest BCUT2D eigenvalue weighted by Crippen LogP contribution is 2.28. The SMILES string of the molecule is C/C=C/C=C/C(=O)N1Cc2cc(NC(=O)c3ccc(-c4ccccc4)cc3)ccc2C[C@H]1C(=O)OC. The predicted octanol–water partition coefficient (Wildman–Crippen LogP) is 5.16. The minimum absolute atomic E-state index is 0.222. The van der Waals surface area contributed by atoms with Gasteiger partial charge in [-0.15, -0.1) is 0 Å². The van der Waals surface area contributed by atoms with E-state index >= 15 is 0 Å². The summed E-state index contributed by atoms with van der Waals surface area (Å²) in [5, 5.41) is 2.94. The Morgan fingerprint density at radius 2 is 1.64 bits per heavy atom. The third-order valence-electron chi connectivity index (χ3n) is 6.15. The van der Waals surface area contributed by atoms with Crippen molar-refractivity contribution < 1.29 is 19.1 Å². The fraction of sp³-hybridized carbons (Fsp3) is 0.167. The summed E-state index contributed by atoms with van der Waals surface area (Å²) in [6.07, 6.45) is 7.00. The number of carbonyl (C=O) groups excluding carboxylic acids is 3.